The lowest BCUT2D eigenvalue weighted by molar-refractivity contribution is -0.274. The number of fused-ring (bicyclic) bond motifs is 3. The molecule has 39 heavy (non-hydrogen) atoms. The van der Waals surface area contributed by atoms with Crippen molar-refractivity contribution in [3.8, 4) is 11.4 Å². The van der Waals surface area contributed by atoms with Crippen LogP contribution >= 0.6 is 12.1 Å². The van der Waals surface area contributed by atoms with Gasteiger partial charge in [0.25, 0.3) is 0 Å². The van der Waals surface area contributed by atoms with E-state index in [-0.39, 0.29) is 11.8 Å². The molecule has 0 aliphatic rings. The predicted molar refractivity (Wildman–Crippen MR) is 146 cm³/mol. The molecular weight excluding hydrogens is 529 g/mol. The van der Waals surface area contributed by atoms with Crippen LogP contribution in [0.3, 0.4) is 0 Å². The van der Waals surface area contributed by atoms with E-state index in [4.69, 9.17) is 0 Å². The molecule has 0 spiro atoms. The van der Waals surface area contributed by atoms with Crippen LogP contribution < -0.4 is 14.8 Å². The standard InChI is InChI=1S/C27H21F3N6O2S/c1-16-4-3-5-17(2)24(16)34-26(37)35-39-33-13-19-12-18-6-11-23-25(22(18)14-31-19)32-15-36(23)20-7-9-21(10-8-20)38-27(28,29)30/h3-15H,1-2H3,(H2,34,35,37). The lowest BCUT2D eigenvalue weighted by atomic mass is 10.1. The summed E-state index contributed by atoms with van der Waals surface area (Å²) in [5.74, 6) is -0.296. The second-order valence-electron chi connectivity index (χ2n) is 8.57. The summed E-state index contributed by atoms with van der Waals surface area (Å²) in [7, 11) is 0. The van der Waals surface area contributed by atoms with Crippen LogP contribution in [-0.2, 0) is 0 Å². The first kappa shape index (κ1) is 26.0. The molecule has 2 aromatic heterocycles. The zero-order valence-electron chi connectivity index (χ0n) is 20.7. The molecular formula is C27H21F3N6O2S. The first-order chi connectivity index (χ1) is 18.7. The van der Waals surface area contributed by atoms with Gasteiger partial charge in [0.1, 0.15) is 12.1 Å². The van der Waals surface area contributed by atoms with Crippen LogP contribution in [-0.4, -0.2) is 33.1 Å². The Morgan fingerprint density at radius 3 is 2.51 bits per heavy atom. The van der Waals surface area contributed by atoms with Crippen molar-refractivity contribution in [2.75, 3.05) is 5.32 Å². The molecule has 198 valence electrons. The highest BCUT2D eigenvalue weighted by Gasteiger charge is 2.31. The third kappa shape index (κ3) is 5.96. The Bertz CT molecular complexity index is 1680. The zero-order valence-corrected chi connectivity index (χ0v) is 21.5. The molecule has 0 saturated heterocycles. The summed E-state index contributed by atoms with van der Waals surface area (Å²) in [6.07, 6.45) is 0.0767. The normalized spacial score (nSPS) is 11.8. The quantitative estimate of drug-likeness (QED) is 0.177. The summed E-state index contributed by atoms with van der Waals surface area (Å²) in [5.41, 5.74) is 5.37. The highest BCUT2D eigenvalue weighted by molar-refractivity contribution is 7.96. The molecule has 0 unspecified atom stereocenters. The van der Waals surface area contributed by atoms with Crippen LogP contribution in [0.25, 0.3) is 27.5 Å². The van der Waals surface area contributed by atoms with E-state index >= 15 is 0 Å². The molecule has 0 fully saturated rings. The smallest absolute Gasteiger partial charge is 0.406 e. The number of halogens is 3. The second kappa shape index (κ2) is 10.7. The number of anilines is 1. The molecule has 0 saturated carbocycles. The molecule has 8 nitrogen and oxygen atoms in total. The Labute approximate surface area is 225 Å². The number of alkyl halides is 3. The number of pyridine rings is 1. The number of aromatic nitrogens is 3. The third-order valence-electron chi connectivity index (χ3n) is 5.88. The molecule has 2 N–H and O–H groups in total. The molecule has 5 aromatic rings. The molecule has 3 aromatic carbocycles. The first-order valence-corrected chi connectivity index (χ1v) is 12.4. The molecule has 0 bridgehead atoms. The number of para-hydroxylation sites is 1. The van der Waals surface area contributed by atoms with Crippen molar-refractivity contribution < 1.29 is 22.7 Å². The van der Waals surface area contributed by atoms with E-state index in [1.165, 1.54) is 30.5 Å². The number of carbonyl (C=O) groups is 1. The van der Waals surface area contributed by atoms with Crippen molar-refractivity contribution in [2.45, 2.75) is 20.2 Å². The number of nitrogens with one attached hydrogen (secondary N) is 2. The van der Waals surface area contributed by atoms with E-state index in [0.29, 0.717) is 16.9 Å². The largest absolute Gasteiger partial charge is 0.573 e. The summed E-state index contributed by atoms with van der Waals surface area (Å²) in [6.45, 7) is 3.84. The van der Waals surface area contributed by atoms with Gasteiger partial charge >= 0.3 is 12.4 Å². The van der Waals surface area contributed by atoms with Gasteiger partial charge in [-0.1, -0.05) is 24.3 Å². The van der Waals surface area contributed by atoms with Gasteiger partial charge in [0.15, 0.2) is 0 Å². The van der Waals surface area contributed by atoms with Gasteiger partial charge in [0.05, 0.1) is 35.1 Å². The van der Waals surface area contributed by atoms with E-state index in [1.54, 1.807) is 17.1 Å². The van der Waals surface area contributed by atoms with Crippen molar-refractivity contribution in [1.82, 2.24) is 19.3 Å². The summed E-state index contributed by atoms with van der Waals surface area (Å²) in [6, 6.07) is 16.6. The van der Waals surface area contributed by atoms with Crippen LogP contribution in [0.4, 0.5) is 23.7 Å². The Hall–Kier alpha value is -4.58. The molecule has 2 heterocycles. The summed E-state index contributed by atoms with van der Waals surface area (Å²) in [4.78, 5) is 21.1. The molecule has 0 radical (unpaired) electrons. The molecule has 12 heteroatoms. The number of nitrogens with zero attached hydrogens (tertiary/aromatic N) is 4. The Morgan fingerprint density at radius 1 is 1.05 bits per heavy atom. The van der Waals surface area contributed by atoms with Crippen molar-refractivity contribution in [2.24, 2.45) is 4.40 Å². The topological polar surface area (TPSA) is 93.4 Å². The monoisotopic (exact) mass is 550 g/mol. The van der Waals surface area contributed by atoms with Gasteiger partial charge in [-0.25, -0.2) is 14.2 Å². The molecule has 0 aliphatic carbocycles. The van der Waals surface area contributed by atoms with Gasteiger partial charge in [0, 0.05) is 23.0 Å². The number of hydrogen-bond acceptors (Lipinski definition) is 6. The predicted octanol–water partition coefficient (Wildman–Crippen LogP) is 6.89. The molecule has 5 rings (SSSR count). The van der Waals surface area contributed by atoms with Crippen LogP contribution in [0.15, 0.2) is 77.6 Å². The summed E-state index contributed by atoms with van der Waals surface area (Å²) >= 11 is 0.880. The van der Waals surface area contributed by atoms with E-state index in [0.717, 1.165) is 45.2 Å². The van der Waals surface area contributed by atoms with Gasteiger partial charge in [-0.05, 0) is 66.8 Å². The van der Waals surface area contributed by atoms with E-state index in [9.17, 15) is 18.0 Å². The number of rotatable bonds is 6. The van der Waals surface area contributed by atoms with E-state index in [1.807, 2.05) is 50.2 Å². The number of urea groups is 1. The summed E-state index contributed by atoms with van der Waals surface area (Å²) in [5, 5.41) is 4.51. The zero-order chi connectivity index (χ0) is 27.6. The van der Waals surface area contributed by atoms with E-state index in [2.05, 4.69) is 29.1 Å². The molecule has 0 atom stereocenters. The van der Waals surface area contributed by atoms with Crippen molar-refractivity contribution >= 4 is 51.9 Å². The average Bonchev–Trinajstić information content (AvgIpc) is 3.33. The number of aryl methyl sites for hydroxylation is 2. The number of amides is 2. The van der Waals surface area contributed by atoms with Gasteiger partial charge in [0.2, 0.25) is 0 Å². The number of ether oxygens (including phenoxy) is 1. The summed E-state index contributed by atoms with van der Waals surface area (Å²) < 4.78 is 49.8. The fraction of sp³-hybridized carbons (Fsp3) is 0.111. The Balaban J connectivity index is 1.27. The van der Waals surface area contributed by atoms with Crippen LogP contribution in [0.2, 0.25) is 0 Å². The lowest BCUT2D eigenvalue weighted by Gasteiger charge is -2.10. The van der Waals surface area contributed by atoms with Crippen LogP contribution in [0, 0.1) is 13.8 Å². The van der Waals surface area contributed by atoms with Gasteiger partial charge in [-0.2, -0.15) is 0 Å². The third-order valence-corrected chi connectivity index (χ3v) is 6.37. The highest BCUT2D eigenvalue weighted by Crippen LogP contribution is 2.28. The second-order valence-corrected chi connectivity index (χ2v) is 9.17. The van der Waals surface area contributed by atoms with Crippen molar-refractivity contribution in [3.63, 3.8) is 0 Å². The lowest BCUT2D eigenvalue weighted by Crippen LogP contribution is -2.23. The fourth-order valence-corrected chi connectivity index (χ4v) is 4.45. The number of hydrogen-bond donors (Lipinski definition) is 2. The van der Waals surface area contributed by atoms with Crippen LogP contribution in [0.1, 0.15) is 16.8 Å². The fourth-order valence-electron chi connectivity index (χ4n) is 4.10. The van der Waals surface area contributed by atoms with Crippen molar-refractivity contribution in [1.29, 1.82) is 0 Å². The Morgan fingerprint density at radius 2 is 1.79 bits per heavy atom. The SMILES string of the molecule is Cc1cccc(C)c1NC(=O)NSN=Cc1cc2ccc3c(ncn3-c3ccc(OC(F)(F)F)cc3)c2cn1. The number of carbonyl (C=O) groups excluding carboxylic acids is 1. The minimum Gasteiger partial charge on any atom is -0.406 e. The van der Waals surface area contributed by atoms with Gasteiger partial charge in [-0.15, -0.1) is 13.2 Å². The van der Waals surface area contributed by atoms with Gasteiger partial charge < -0.3 is 10.1 Å². The average molecular weight is 551 g/mol. The first-order valence-electron chi connectivity index (χ1n) is 11.6. The number of benzene rings is 3. The minimum absolute atomic E-state index is 0.296. The van der Waals surface area contributed by atoms with Gasteiger partial charge in [-0.3, -0.25) is 14.3 Å². The maximum atomic E-state index is 12.4. The van der Waals surface area contributed by atoms with Crippen LogP contribution in [0.5, 0.6) is 5.75 Å². The molecule has 2 amide bonds. The number of imidazole rings is 1. The Kier molecular flexibility index (Phi) is 7.11. The highest BCUT2D eigenvalue weighted by atomic mass is 32.2. The minimum atomic E-state index is -4.75. The maximum absolute atomic E-state index is 12.4. The van der Waals surface area contributed by atoms with E-state index < -0.39 is 6.36 Å². The maximum Gasteiger partial charge on any atom is 0.573 e. The molecule has 0 aliphatic heterocycles. The van der Waals surface area contributed by atoms with Crippen molar-refractivity contribution in [3.05, 3.63) is 90.0 Å².